The maximum atomic E-state index is 4.24. The number of aryl methyl sites for hydroxylation is 1. The second-order valence-corrected chi connectivity index (χ2v) is 2.70. The number of hydrogen-bond donors (Lipinski definition) is 0. The van der Waals surface area contributed by atoms with Crippen LogP contribution in [0.4, 0.5) is 0 Å². The first-order valence-electron chi connectivity index (χ1n) is 3.68. The summed E-state index contributed by atoms with van der Waals surface area (Å²) in [5.41, 5.74) is 2.34. The van der Waals surface area contributed by atoms with E-state index in [-0.39, 0.29) is 7.43 Å². The summed E-state index contributed by atoms with van der Waals surface area (Å²) in [5, 5.41) is 1.21. The standard InChI is InChI=1S/C10H9N.CH4/c1-8-4-5-9-3-2-6-11-10(9)7-8;/h2-7H,1H3;1H4. The van der Waals surface area contributed by atoms with Crippen molar-refractivity contribution in [1.82, 2.24) is 4.98 Å². The summed E-state index contributed by atoms with van der Waals surface area (Å²) in [4.78, 5) is 4.24. The van der Waals surface area contributed by atoms with Crippen molar-refractivity contribution >= 4 is 10.9 Å². The van der Waals surface area contributed by atoms with E-state index in [1.165, 1.54) is 10.9 Å². The van der Waals surface area contributed by atoms with Crippen LogP contribution in [-0.2, 0) is 0 Å². The van der Waals surface area contributed by atoms with Gasteiger partial charge in [0.15, 0.2) is 0 Å². The molecular formula is C11H13N. The summed E-state index contributed by atoms with van der Waals surface area (Å²) < 4.78 is 0. The van der Waals surface area contributed by atoms with Crippen LogP contribution in [0.25, 0.3) is 10.9 Å². The van der Waals surface area contributed by atoms with Crippen molar-refractivity contribution in [1.29, 1.82) is 0 Å². The molecule has 2 rings (SSSR count). The molecule has 1 aromatic carbocycles. The molecule has 1 nitrogen and oxygen atoms in total. The third-order valence-corrected chi connectivity index (χ3v) is 1.76. The van der Waals surface area contributed by atoms with E-state index in [9.17, 15) is 0 Å². The number of fused-ring (bicyclic) bond motifs is 1. The minimum Gasteiger partial charge on any atom is -0.256 e. The largest absolute Gasteiger partial charge is 0.256 e. The maximum Gasteiger partial charge on any atom is 0.0704 e. The van der Waals surface area contributed by atoms with E-state index >= 15 is 0 Å². The normalized spacial score (nSPS) is 9.42. The van der Waals surface area contributed by atoms with Gasteiger partial charge in [0.2, 0.25) is 0 Å². The molecule has 0 aliphatic heterocycles. The molecule has 1 heterocycles. The highest BCUT2D eigenvalue weighted by Crippen LogP contribution is 2.11. The fourth-order valence-electron chi connectivity index (χ4n) is 1.18. The SMILES string of the molecule is C.Cc1ccc2cccnc2c1. The zero-order chi connectivity index (χ0) is 7.68. The van der Waals surface area contributed by atoms with Gasteiger partial charge in [0, 0.05) is 11.6 Å². The summed E-state index contributed by atoms with van der Waals surface area (Å²) in [6.07, 6.45) is 1.82. The quantitative estimate of drug-likeness (QED) is 0.575. The first-order chi connectivity index (χ1) is 5.36. The summed E-state index contributed by atoms with van der Waals surface area (Å²) in [6.45, 7) is 2.08. The molecule has 0 saturated carbocycles. The van der Waals surface area contributed by atoms with Crippen molar-refractivity contribution in [2.45, 2.75) is 14.4 Å². The Labute approximate surface area is 73.1 Å². The number of benzene rings is 1. The van der Waals surface area contributed by atoms with E-state index in [0.717, 1.165) is 5.52 Å². The lowest BCUT2D eigenvalue weighted by Gasteiger charge is -1.95. The molecule has 0 bridgehead atoms. The van der Waals surface area contributed by atoms with Gasteiger partial charge in [0.25, 0.3) is 0 Å². The third kappa shape index (κ3) is 1.45. The molecule has 0 fully saturated rings. The van der Waals surface area contributed by atoms with Gasteiger partial charge in [-0.2, -0.15) is 0 Å². The fraction of sp³-hybridized carbons (Fsp3) is 0.182. The molecule has 0 unspecified atom stereocenters. The van der Waals surface area contributed by atoms with Gasteiger partial charge in [-0.1, -0.05) is 25.6 Å². The molecule has 62 valence electrons. The summed E-state index contributed by atoms with van der Waals surface area (Å²) in [7, 11) is 0. The second kappa shape index (κ2) is 3.35. The second-order valence-electron chi connectivity index (χ2n) is 2.70. The molecule has 0 radical (unpaired) electrons. The molecule has 12 heavy (non-hydrogen) atoms. The minimum atomic E-state index is 0. The van der Waals surface area contributed by atoms with Gasteiger partial charge in [-0.3, -0.25) is 4.98 Å². The van der Waals surface area contributed by atoms with Gasteiger partial charge in [-0.15, -0.1) is 0 Å². The predicted octanol–water partition coefficient (Wildman–Crippen LogP) is 3.18. The lowest BCUT2D eigenvalue weighted by molar-refractivity contribution is 1.39. The fourth-order valence-corrected chi connectivity index (χ4v) is 1.18. The minimum absolute atomic E-state index is 0. The average molecular weight is 159 g/mol. The first-order valence-corrected chi connectivity index (χ1v) is 3.68. The van der Waals surface area contributed by atoms with Crippen molar-refractivity contribution in [2.24, 2.45) is 0 Å². The highest BCUT2D eigenvalue weighted by molar-refractivity contribution is 5.78. The van der Waals surface area contributed by atoms with Crippen LogP contribution in [0.15, 0.2) is 36.5 Å². The van der Waals surface area contributed by atoms with E-state index in [1.54, 1.807) is 0 Å². The lowest BCUT2D eigenvalue weighted by atomic mass is 10.1. The van der Waals surface area contributed by atoms with Crippen molar-refractivity contribution in [3.05, 3.63) is 42.1 Å². The Kier molecular flexibility index (Phi) is 2.44. The number of aromatic nitrogens is 1. The Morgan fingerprint density at radius 1 is 1.17 bits per heavy atom. The van der Waals surface area contributed by atoms with Gasteiger partial charge in [0.05, 0.1) is 5.52 Å². The zero-order valence-electron chi connectivity index (χ0n) is 6.41. The van der Waals surface area contributed by atoms with E-state index in [1.807, 2.05) is 12.3 Å². The van der Waals surface area contributed by atoms with Crippen molar-refractivity contribution in [3.63, 3.8) is 0 Å². The Hall–Kier alpha value is -1.37. The number of rotatable bonds is 0. The molecule has 1 heteroatoms. The van der Waals surface area contributed by atoms with Crippen molar-refractivity contribution < 1.29 is 0 Å². The van der Waals surface area contributed by atoms with E-state index in [0.29, 0.717) is 0 Å². The van der Waals surface area contributed by atoms with Crippen LogP contribution in [0, 0.1) is 6.92 Å². The van der Waals surface area contributed by atoms with Crippen LogP contribution < -0.4 is 0 Å². The summed E-state index contributed by atoms with van der Waals surface area (Å²) in [6, 6.07) is 10.3. The van der Waals surface area contributed by atoms with Gasteiger partial charge in [0.1, 0.15) is 0 Å². The van der Waals surface area contributed by atoms with E-state index < -0.39 is 0 Å². The predicted molar refractivity (Wildman–Crippen MR) is 53.2 cm³/mol. The molecule has 0 aliphatic rings. The highest BCUT2D eigenvalue weighted by atomic mass is 14.6. The van der Waals surface area contributed by atoms with Crippen LogP contribution in [0.5, 0.6) is 0 Å². The molecule has 2 aromatic rings. The van der Waals surface area contributed by atoms with Crippen LogP contribution in [0.2, 0.25) is 0 Å². The monoisotopic (exact) mass is 159 g/mol. The molecule has 0 aliphatic carbocycles. The molecule has 0 atom stereocenters. The van der Waals surface area contributed by atoms with Crippen LogP contribution in [0.1, 0.15) is 13.0 Å². The number of hydrogen-bond acceptors (Lipinski definition) is 1. The Bertz CT molecular complexity index is 379. The highest BCUT2D eigenvalue weighted by Gasteiger charge is 1.90. The maximum absolute atomic E-state index is 4.24. The van der Waals surface area contributed by atoms with Gasteiger partial charge in [-0.05, 0) is 24.6 Å². The van der Waals surface area contributed by atoms with Crippen molar-refractivity contribution in [3.8, 4) is 0 Å². The molecule has 0 amide bonds. The molecule has 0 spiro atoms. The first kappa shape index (κ1) is 8.72. The van der Waals surface area contributed by atoms with Crippen LogP contribution in [0.3, 0.4) is 0 Å². The molecule has 1 aromatic heterocycles. The van der Waals surface area contributed by atoms with Gasteiger partial charge < -0.3 is 0 Å². The van der Waals surface area contributed by atoms with E-state index in [2.05, 4.69) is 36.2 Å². The molecule has 0 saturated heterocycles. The van der Waals surface area contributed by atoms with E-state index in [4.69, 9.17) is 0 Å². The summed E-state index contributed by atoms with van der Waals surface area (Å²) in [5.74, 6) is 0. The smallest absolute Gasteiger partial charge is 0.0704 e. The average Bonchev–Trinajstić information content (AvgIpc) is 2.04. The number of nitrogens with zero attached hydrogens (tertiary/aromatic N) is 1. The van der Waals surface area contributed by atoms with Gasteiger partial charge in [-0.25, -0.2) is 0 Å². The Balaban J connectivity index is 0.000000720. The van der Waals surface area contributed by atoms with Crippen LogP contribution >= 0.6 is 0 Å². The molecular weight excluding hydrogens is 146 g/mol. The number of pyridine rings is 1. The summed E-state index contributed by atoms with van der Waals surface area (Å²) >= 11 is 0. The van der Waals surface area contributed by atoms with Crippen LogP contribution in [-0.4, -0.2) is 4.98 Å². The third-order valence-electron chi connectivity index (χ3n) is 1.76. The zero-order valence-corrected chi connectivity index (χ0v) is 6.41. The lowest BCUT2D eigenvalue weighted by Crippen LogP contribution is -1.77. The molecule has 0 N–H and O–H groups in total. The Morgan fingerprint density at radius 3 is 2.83 bits per heavy atom. The topological polar surface area (TPSA) is 12.9 Å². The Morgan fingerprint density at radius 2 is 2.00 bits per heavy atom. The van der Waals surface area contributed by atoms with Gasteiger partial charge >= 0.3 is 0 Å². The van der Waals surface area contributed by atoms with Crippen molar-refractivity contribution in [2.75, 3.05) is 0 Å².